The van der Waals surface area contributed by atoms with Gasteiger partial charge in [0.05, 0.1) is 18.4 Å². The van der Waals surface area contributed by atoms with E-state index in [9.17, 15) is 4.79 Å². The van der Waals surface area contributed by atoms with Crippen molar-refractivity contribution < 1.29 is 9.53 Å². The molecule has 1 aromatic heterocycles. The summed E-state index contributed by atoms with van der Waals surface area (Å²) in [5, 5.41) is 7.06. The van der Waals surface area contributed by atoms with E-state index in [0.717, 1.165) is 5.69 Å². The van der Waals surface area contributed by atoms with Crippen molar-refractivity contribution in [1.29, 1.82) is 0 Å². The number of hydrogen-bond acceptors (Lipinski definition) is 5. The Morgan fingerprint density at radius 2 is 2.31 bits per heavy atom. The number of aryl methyl sites for hydroxylation is 2. The Labute approximate surface area is 98.8 Å². The van der Waals surface area contributed by atoms with E-state index in [0.29, 0.717) is 11.4 Å². The molecular formula is C9H14N4O2S. The zero-order valence-electron chi connectivity index (χ0n) is 9.40. The van der Waals surface area contributed by atoms with E-state index in [1.54, 1.807) is 18.7 Å². The van der Waals surface area contributed by atoms with Crippen LogP contribution < -0.4 is 11.1 Å². The van der Waals surface area contributed by atoms with E-state index >= 15 is 0 Å². The Morgan fingerprint density at radius 3 is 2.81 bits per heavy atom. The first-order valence-corrected chi connectivity index (χ1v) is 5.02. The minimum absolute atomic E-state index is 0.0467. The number of rotatable bonds is 4. The Bertz CT molecular complexity index is 427. The zero-order valence-corrected chi connectivity index (χ0v) is 10.2. The maximum atomic E-state index is 11.0. The van der Waals surface area contributed by atoms with Gasteiger partial charge in [-0.1, -0.05) is 12.2 Å². The molecule has 0 bridgehead atoms. The molecule has 0 saturated carbocycles. The van der Waals surface area contributed by atoms with Crippen LogP contribution >= 0.6 is 12.2 Å². The predicted octanol–water partition coefficient (Wildman–Crippen LogP) is -0.0524. The number of thiocarbonyl (C=S) groups is 1. The maximum Gasteiger partial charge on any atom is 0.325 e. The lowest BCUT2D eigenvalue weighted by molar-refractivity contribution is -0.138. The highest BCUT2D eigenvalue weighted by atomic mass is 32.1. The van der Waals surface area contributed by atoms with Crippen molar-refractivity contribution in [3.63, 3.8) is 0 Å². The van der Waals surface area contributed by atoms with E-state index in [1.165, 1.54) is 7.11 Å². The molecule has 0 spiro atoms. The standard InChI is InChI=1S/C9H14N4O2S/c1-5-7(8(10)16)9(13(2)12-5)11-4-6(14)15-3/h11H,4H2,1-3H3,(H2,10,16). The first-order valence-electron chi connectivity index (χ1n) is 4.61. The molecule has 0 aliphatic carbocycles. The van der Waals surface area contributed by atoms with Crippen LogP contribution in [0.1, 0.15) is 11.3 Å². The van der Waals surface area contributed by atoms with E-state index in [2.05, 4.69) is 15.2 Å². The number of esters is 1. The molecule has 7 heteroatoms. The van der Waals surface area contributed by atoms with Gasteiger partial charge in [-0.25, -0.2) is 0 Å². The number of methoxy groups -OCH3 is 1. The van der Waals surface area contributed by atoms with E-state index in [1.807, 2.05) is 0 Å². The molecule has 0 aliphatic heterocycles. The largest absolute Gasteiger partial charge is 0.468 e. The van der Waals surface area contributed by atoms with Crippen molar-refractivity contribution in [3.8, 4) is 0 Å². The summed E-state index contributed by atoms with van der Waals surface area (Å²) in [5.41, 5.74) is 6.97. The molecule has 0 saturated heterocycles. The molecule has 1 aromatic rings. The molecule has 1 heterocycles. The number of hydrogen-bond donors (Lipinski definition) is 2. The number of nitrogens with one attached hydrogen (secondary N) is 1. The van der Waals surface area contributed by atoms with Gasteiger partial charge in [-0.15, -0.1) is 0 Å². The summed E-state index contributed by atoms with van der Waals surface area (Å²) in [6, 6.07) is 0. The Balaban J connectivity index is 2.94. The summed E-state index contributed by atoms with van der Waals surface area (Å²) >= 11 is 4.93. The van der Waals surface area contributed by atoms with Crippen LogP contribution in [0, 0.1) is 6.92 Å². The quantitative estimate of drug-likeness (QED) is 0.569. The van der Waals surface area contributed by atoms with E-state index in [4.69, 9.17) is 18.0 Å². The summed E-state index contributed by atoms with van der Waals surface area (Å²) in [4.78, 5) is 11.3. The predicted molar refractivity (Wildman–Crippen MR) is 64.3 cm³/mol. The Hall–Kier alpha value is -1.63. The van der Waals surface area contributed by atoms with Crippen LogP contribution in [0.3, 0.4) is 0 Å². The lowest BCUT2D eigenvalue weighted by Gasteiger charge is -2.07. The molecule has 88 valence electrons. The lowest BCUT2D eigenvalue weighted by Crippen LogP contribution is -2.20. The van der Waals surface area contributed by atoms with Gasteiger partial charge in [-0.3, -0.25) is 9.48 Å². The highest BCUT2D eigenvalue weighted by Crippen LogP contribution is 2.18. The van der Waals surface area contributed by atoms with Crippen LogP contribution in [0.5, 0.6) is 0 Å². The Morgan fingerprint density at radius 1 is 1.69 bits per heavy atom. The second-order valence-corrected chi connectivity index (χ2v) is 3.67. The van der Waals surface area contributed by atoms with Crippen molar-refractivity contribution >= 4 is 29.0 Å². The fourth-order valence-electron chi connectivity index (χ4n) is 1.38. The number of anilines is 1. The smallest absolute Gasteiger partial charge is 0.325 e. The highest BCUT2D eigenvalue weighted by molar-refractivity contribution is 7.80. The van der Waals surface area contributed by atoms with Crippen molar-refractivity contribution in [2.24, 2.45) is 12.8 Å². The minimum atomic E-state index is -0.368. The fraction of sp³-hybridized carbons (Fsp3) is 0.444. The third kappa shape index (κ3) is 2.48. The molecule has 0 atom stereocenters. The second kappa shape index (κ2) is 4.93. The van der Waals surface area contributed by atoms with Crippen LogP contribution in [0.25, 0.3) is 0 Å². The molecule has 0 fully saturated rings. The van der Waals surface area contributed by atoms with Gasteiger partial charge in [0, 0.05) is 7.05 Å². The zero-order chi connectivity index (χ0) is 12.3. The molecular weight excluding hydrogens is 228 g/mol. The summed E-state index contributed by atoms with van der Waals surface area (Å²) in [7, 11) is 3.07. The highest BCUT2D eigenvalue weighted by Gasteiger charge is 2.15. The number of nitrogens with zero attached hydrogens (tertiary/aromatic N) is 2. The fourth-order valence-corrected chi connectivity index (χ4v) is 1.63. The second-order valence-electron chi connectivity index (χ2n) is 3.23. The van der Waals surface area contributed by atoms with E-state index in [-0.39, 0.29) is 17.5 Å². The van der Waals surface area contributed by atoms with Crippen LogP contribution in [0.15, 0.2) is 0 Å². The van der Waals surface area contributed by atoms with Gasteiger partial charge in [0.25, 0.3) is 0 Å². The molecule has 0 aromatic carbocycles. The van der Waals surface area contributed by atoms with Gasteiger partial charge in [0.2, 0.25) is 0 Å². The summed E-state index contributed by atoms with van der Waals surface area (Å²) in [6.07, 6.45) is 0. The third-order valence-electron chi connectivity index (χ3n) is 2.10. The number of aromatic nitrogens is 2. The van der Waals surface area contributed by atoms with Gasteiger partial charge in [-0.2, -0.15) is 5.10 Å². The average molecular weight is 242 g/mol. The summed E-state index contributed by atoms with van der Waals surface area (Å²) < 4.78 is 6.11. The number of nitrogens with two attached hydrogens (primary N) is 1. The van der Waals surface area contributed by atoms with Crippen LogP contribution in [0.2, 0.25) is 0 Å². The molecule has 3 N–H and O–H groups in total. The summed E-state index contributed by atoms with van der Waals surface area (Å²) in [6.45, 7) is 1.85. The lowest BCUT2D eigenvalue weighted by atomic mass is 10.2. The Kier molecular flexibility index (Phi) is 3.83. The molecule has 1 rings (SSSR count). The molecule has 0 aliphatic rings. The van der Waals surface area contributed by atoms with Crippen molar-refractivity contribution in [2.75, 3.05) is 19.0 Å². The number of carbonyl (C=O) groups is 1. The number of ether oxygens (including phenoxy) is 1. The van der Waals surface area contributed by atoms with Crippen molar-refractivity contribution in [3.05, 3.63) is 11.3 Å². The minimum Gasteiger partial charge on any atom is -0.468 e. The van der Waals surface area contributed by atoms with Gasteiger partial charge in [0.1, 0.15) is 17.4 Å². The topological polar surface area (TPSA) is 82.2 Å². The van der Waals surface area contributed by atoms with Crippen molar-refractivity contribution in [2.45, 2.75) is 6.92 Å². The number of carbonyl (C=O) groups excluding carboxylic acids is 1. The maximum absolute atomic E-state index is 11.0. The SMILES string of the molecule is COC(=O)CNc1c(C(N)=S)c(C)nn1C. The van der Waals surface area contributed by atoms with Gasteiger partial charge in [0.15, 0.2) is 0 Å². The van der Waals surface area contributed by atoms with Gasteiger partial charge in [-0.05, 0) is 6.92 Å². The molecule has 6 nitrogen and oxygen atoms in total. The molecule has 0 radical (unpaired) electrons. The van der Waals surface area contributed by atoms with Crippen LogP contribution in [-0.2, 0) is 16.6 Å². The summed E-state index contributed by atoms with van der Waals surface area (Å²) in [5.74, 6) is 0.253. The monoisotopic (exact) mass is 242 g/mol. The molecule has 0 amide bonds. The van der Waals surface area contributed by atoms with Gasteiger partial charge >= 0.3 is 5.97 Å². The first-order chi connectivity index (χ1) is 7.47. The van der Waals surface area contributed by atoms with Crippen molar-refractivity contribution in [1.82, 2.24) is 9.78 Å². The molecule has 0 unspecified atom stereocenters. The molecule has 16 heavy (non-hydrogen) atoms. The average Bonchev–Trinajstić information content (AvgIpc) is 2.49. The normalized spacial score (nSPS) is 9.94. The van der Waals surface area contributed by atoms with Crippen LogP contribution in [-0.4, -0.2) is 34.4 Å². The third-order valence-corrected chi connectivity index (χ3v) is 2.30. The van der Waals surface area contributed by atoms with Gasteiger partial charge < -0.3 is 15.8 Å². The first kappa shape index (κ1) is 12.4. The van der Waals surface area contributed by atoms with Crippen LogP contribution in [0.4, 0.5) is 5.82 Å². The van der Waals surface area contributed by atoms with E-state index < -0.39 is 0 Å².